The molecular weight excluding hydrogens is 258 g/mol. The zero-order chi connectivity index (χ0) is 14.5. The lowest BCUT2D eigenvalue weighted by molar-refractivity contribution is -0.147. The molecule has 0 aromatic heterocycles. The van der Waals surface area contributed by atoms with Crippen LogP contribution in [0.3, 0.4) is 0 Å². The van der Waals surface area contributed by atoms with Gasteiger partial charge in [-0.25, -0.2) is 0 Å². The van der Waals surface area contributed by atoms with Crippen molar-refractivity contribution in [3.8, 4) is 0 Å². The minimum absolute atomic E-state index is 0.0677. The minimum Gasteiger partial charge on any atom is -0.469 e. The molecule has 0 spiro atoms. The van der Waals surface area contributed by atoms with E-state index < -0.39 is 0 Å². The monoisotopic (exact) mass is 285 g/mol. The molecule has 2 fully saturated rings. The van der Waals surface area contributed by atoms with Crippen LogP contribution in [0.5, 0.6) is 0 Å². The van der Waals surface area contributed by atoms with Gasteiger partial charge in [0.25, 0.3) is 0 Å². The smallest absolute Gasteiger partial charge is 0.308 e. The van der Waals surface area contributed by atoms with Gasteiger partial charge in [-0.2, -0.15) is 0 Å². The van der Waals surface area contributed by atoms with E-state index >= 15 is 0 Å². The van der Waals surface area contributed by atoms with Crippen LogP contribution in [-0.4, -0.2) is 63.5 Å². The lowest BCUT2D eigenvalue weighted by Gasteiger charge is -2.29. The molecule has 116 valence electrons. The molecular formula is C15H27NO4. The van der Waals surface area contributed by atoms with E-state index in [-0.39, 0.29) is 11.9 Å². The Morgan fingerprint density at radius 2 is 1.85 bits per heavy atom. The largest absolute Gasteiger partial charge is 0.469 e. The van der Waals surface area contributed by atoms with Crippen LogP contribution in [0.2, 0.25) is 0 Å². The van der Waals surface area contributed by atoms with Crippen LogP contribution in [0.1, 0.15) is 32.1 Å². The van der Waals surface area contributed by atoms with E-state index in [1.165, 1.54) is 7.11 Å². The Bertz CT molecular complexity index is 315. The van der Waals surface area contributed by atoms with Gasteiger partial charge in [0.2, 0.25) is 0 Å². The van der Waals surface area contributed by atoms with Crippen LogP contribution in [0.25, 0.3) is 0 Å². The van der Waals surface area contributed by atoms with Crippen LogP contribution < -0.4 is 0 Å². The summed E-state index contributed by atoms with van der Waals surface area (Å²) in [5.74, 6) is 0.00814. The van der Waals surface area contributed by atoms with Gasteiger partial charge in [0.15, 0.2) is 0 Å². The second-order valence-corrected chi connectivity index (χ2v) is 6.02. The van der Waals surface area contributed by atoms with Crippen molar-refractivity contribution in [2.45, 2.75) is 50.4 Å². The summed E-state index contributed by atoms with van der Waals surface area (Å²) in [5.41, 5.74) is 0. The Kier molecular flexibility index (Phi) is 5.81. The number of hydrogen-bond donors (Lipinski definition) is 0. The Hall–Kier alpha value is -0.650. The Balaban J connectivity index is 1.67. The number of nitrogens with zero attached hydrogens (tertiary/aromatic N) is 1. The van der Waals surface area contributed by atoms with Crippen molar-refractivity contribution < 1.29 is 19.0 Å². The quantitative estimate of drug-likeness (QED) is 0.716. The van der Waals surface area contributed by atoms with E-state index in [4.69, 9.17) is 14.2 Å². The number of rotatable bonds is 5. The summed E-state index contributed by atoms with van der Waals surface area (Å²) in [7, 11) is 5.37. The van der Waals surface area contributed by atoms with Gasteiger partial charge in [-0.3, -0.25) is 9.69 Å². The van der Waals surface area contributed by atoms with E-state index in [9.17, 15) is 4.79 Å². The van der Waals surface area contributed by atoms with Crippen LogP contribution in [0, 0.1) is 5.92 Å². The van der Waals surface area contributed by atoms with Gasteiger partial charge in [-0.15, -0.1) is 0 Å². The van der Waals surface area contributed by atoms with Crippen LogP contribution in [0.15, 0.2) is 0 Å². The number of carbonyl (C=O) groups excluding carboxylic acids is 1. The second kappa shape index (κ2) is 7.38. The highest BCUT2D eigenvalue weighted by Crippen LogP contribution is 2.28. The maximum atomic E-state index is 11.5. The fraction of sp³-hybridized carbons (Fsp3) is 0.933. The van der Waals surface area contributed by atoms with Gasteiger partial charge in [0.05, 0.1) is 31.8 Å². The fourth-order valence-electron chi connectivity index (χ4n) is 3.27. The molecule has 0 radical (unpaired) electrons. The molecule has 1 saturated carbocycles. The topological polar surface area (TPSA) is 48.0 Å². The molecule has 1 saturated heterocycles. The van der Waals surface area contributed by atoms with Gasteiger partial charge in [0.1, 0.15) is 0 Å². The van der Waals surface area contributed by atoms with Gasteiger partial charge in [-0.05, 0) is 39.2 Å². The summed E-state index contributed by atoms with van der Waals surface area (Å²) < 4.78 is 16.3. The first kappa shape index (κ1) is 15.7. The van der Waals surface area contributed by atoms with Crippen molar-refractivity contribution in [1.82, 2.24) is 4.90 Å². The molecule has 5 nitrogen and oxygen atoms in total. The molecule has 0 unspecified atom stereocenters. The van der Waals surface area contributed by atoms with E-state index in [1.807, 2.05) is 0 Å². The van der Waals surface area contributed by atoms with E-state index in [0.29, 0.717) is 18.2 Å². The molecule has 2 atom stereocenters. The highest BCUT2D eigenvalue weighted by Gasteiger charge is 2.31. The van der Waals surface area contributed by atoms with E-state index in [2.05, 4.69) is 11.9 Å². The Morgan fingerprint density at radius 3 is 2.40 bits per heavy atom. The summed E-state index contributed by atoms with van der Waals surface area (Å²) in [6, 6.07) is 0.457. The molecule has 0 N–H and O–H groups in total. The molecule has 0 amide bonds. The molecule has 0 aromatic carbocycles. The predicted molar refractivity (Wildman–Crippen MR) is 75.5 cm³/mol. The predicted octanol–water partition coefficient (Wildman–Crippen LogP) is 1.45. The standard InChI is InChI=1S/C15H27NO4/c1-16-9-14(18-2)8-12(16)10-20-13-6-4-11(5-7-13)15(17)19-3/h11-14H,4-10H2,1-3H3/t11-,12-,13-,14-/m0/s1. The molecule has 1 aliphatic heterocycles. The second-order valence-electron chi connectivity index (χ2n) is 6.02. The maximum absolute atomic E-state index is 11.5. The number of likely N-dealkylation sites (N-methyl/N-ethyl adjacent to an activating group) is 1. The van der Waals surface area contributed by atoms with Crippen molar-refractivity contribution in [2.24, 2.45) is 5.92 Å². The highest BCUT2D eigenvalue weighted by atomic mass is 16.5. The molecule has 0 aromatic rings. The zero-order valence-electron chi connectivity index (χ0n) is 12.8. The minimum atomic E-state index is -0.0677. The third-order valence-electron chi connectivity index (χ3n) is 4.72. The summed E-state index contributed by atoms with van der Waals surface area (Å²) in [6.45, 7) is 1.75. The Morgan fingerprint density at radius 1 is 1.15 bits per heavy atom. The molecule has 1 heterocycles. The average Bonchev–Trinajstić information content (AvgIpc) is 2.85. The summed E-state index contributed by atoms with van der Waals surface area (Å²) >= 11 is 0. The summed E-state index contributed by atoms with van der Waals surface area (Å²) in [5, 5.41) is 0. The van der Waals surface area contributed by atoms with Crippen LogP contribution in [0.4, 0.5) is 0 Å². The van der Waals surface area contributed by atoms with Crippen molar-refractivity contribution in [1.29, 1.82) is 0 Å². The molecule has 20 heavy (non-hydrogen) atoms. The Labute approximate surface area is 121 Å². The number of esters is 1. The molecule has 5 heteroatoms. The lowest BCUT2D eigenvalue weighted by atomic mass is 9.87. The third kappa shape index (κ3) is 3.93. The number of likely N-dealkylation sites (tertiary alicyclic amines) is 1. The average molecular weight is 285 g/mol. The van der Waals surface area contributed by atoms with Crippen LogP contribution >= 0.6 is 0 Å². The van der Waals surface area contributed by atoms with Gasteiger partial charge >= 0.3 is 5.97 Å². The first-order chi connectivity index (χ1) is 9.63. The number of ether oxygens (including phenoxy) is 3. The number of methoxy groups -OCH3 is 2. The molecule has 1 aliphatic carbocycles. The van der Waals surface area contributed by atoms with E-state index in [0.717, 1.165) is 45.3 Å². The van der Waals surface area contributed by atoms with Gasteiger partial charge < -0.3 is 14.2 Å². The molecule has 2 aliphatic rings. The zero-order valence-corrected chi connectivity index (χ0v) is 12.8. The SMILES string of the molecule is COC(=O)[C@H]1CC[C@H](OC[C@@H]2C[C@H](OC)CN2C)CC1. The normalized spacial score (nSPS) is 35.1. The van der Waals surface area contributed by atoms with Crippen molar-refractivity contribution in [3.63, 3.8) is 0 Å². The molecule has 0 bridgehead atoms. The van der Waals surface area contributed by atoms with E-state index in [1.54, 1.807) is 7.11 Å². The van der Waals surface area contributed by atoms with Crippen molar-refractivity contribution in [2.75, 3.05) is 34.4 Å². The lowest BCUT2D eigenvalue weighted by Crippen LogP contribution is -2.33. The molecule has 2 rings (SSSR count). The van der Waals surface area contributed by atoms with Gasteiger partial charge in [-0.1, -0.05) is 0 Å². The number of carbonyl (C=O) groups is 1. The summed E-state index contributed by atoms with van der Waals surface area (Å²) in [6.07, 6.45) is 5.38. The van der Waals surface area contributed by atoms with Crippen molar-refractivity contribution in [3.05, 3.63) is 0 Å². The number of hydrogen-bond acceptors (Lipinski definition) is 5. The van der Waals surface area contributed by atoms with Crippen molar-refractivity contribution >= 4 is 5.97 Å². The first-order valence-electron chi connectivity index (χ1n) is 7.56. The first-order valence-corrected chi connectivity index (χ1v) is 7.56. The third-order valence-corrected chi connectivity index (χ3v) is 4.72. The summed E-state index contributed by atoms with van der Waals surface area (Å²) in [4.78, 5) is 13.8. The van der Waals surface area contributed by atoms with Crippen LogP contribution in [-0.2, 0) is 19.0 Å². The maximum Gasteiger partial charge on any atom is 0.308 e. The van der Waals surface area contributed by atoms with Gasteiger partial charge in [0, 0.05) is 19.7 Å². The highest BCUT2D eigenvalue weighted by molar-refractivity contribution is 5.72. The fourth-order valence-corrected chi connectivity index (χ4v) is 3.27.